The van der Waals surface area contributed by atoms with Gasteiger partial charge < -0.3 is 4.74 Å². The first-order chi connectivity index (χ1) is 6.29. The molecule has 68 valence electrons. The van der Waals surface area contributed by atoms with Gasteiger partial charge in [-0.3, -0.25) is 4.79 Å². The fraction of sp³-hybridized carbons (Fsp3) is 0.364. The van der Waals surface area contributed by atoms with Crippen LogP contribution in [0, 0.1) is 5.92 Å². The summed E-state index contributed by atoms with van der Waals surface area (Å²) in [5.74, 6) is 0.162. The lowest BCUT2D eigenvalue weighted by Crippen LogP contribution is -2.10. The number of hydrogen-bond acceptors (Lipinski definition) is 2. The Bertz CT molecular complexity index is 305. The summed E-state index contributed by atoms with van der Waals surface area (Å²) < 4.78 is 4.99. The van der Waals surface area contributed by atoms with Crippen LogP contribution in [0.4, 0.5) is 0 Å². The van der Waals surface area contributed by atoms with E-state index < -0.39 is 0 Å². The first-order valence-electron chi connectivity index (χ1n) is 4.50. The van der Waals surface area contributed by atoms with Gasteiger partial charge in [0.1, 0.15) is 0 Å². The zero-order valence-corrected chi connectivity index (χ0v) is 7.57. The van der Waals surface area contributed by atoms with E-state index in [4.69, 9.17) is 4.74 Å². The molecule has 1 heterocycles. The number of benzene rings is 1. The average Bonchev–Trinajstić information content (AvgIpc) is 2.48. The summed E-state index contributed by atoms with van der Waals surface area (Å²) in [6.07, 6.45) is 0. The van der Waals surface area contributed by atoms with Crippen LogP contribution in [-0.2, 0) is 9.53 Å². The Labute approximate surface area is 77.5 Å². The summed E-state index contributed by atoms with van der Waals surface area (Å²) >= 11 is 0. The minimum atomic E-state index is -0.0845. The van der Waals surface area contributed by atoms with Gasteiger partial charge in [-0.2, -0.15) is 0 Å². The minimum absolute atomic E-state index is 0.0544. The van der Waals surface area contributed by atoms with Crippen molar-refractivity contribution >= 4 is 5.97 Å². The molecule has 1 fully saturated rings. The largest absolute Gasteiger partial charge is 0.465 e. The normalized spacial score (nSPS) is 27.3. The van der Waals surface area contributed by atoms with E-state index in [-0.39, 0.29) is 11.9 Å². The van der Waals surface area contributed by atoms with E-state index in [1.54, 1.807) is 0 Å². The highest BCUT2D eigenvalue weighted by Crippen LogP contribution is 2.31. The lowest BCUT2D eigenvalue weighted by molar-refractivity contribution is -0.139. The number of ether oxygens (including phenoxy) is 1. The summed E-state index contributed by atoms with van der Waals surface area (Å²) in [5.41, 5.74) is 1.07. The molecule has 0 spiro atoms. The van der Waals surface area contributed by atoms with Crippen LogP contribution in [0.1, 0.15) is 18.4 Å². The molecule has 1 saturated heterocycles. The molecule has 1 aromatic rings. The maximum Gasteiger partial charge on any atom is 0.313 e. The fourth-order valence-electron chi connectivity index (χ4n) is 1.76. The third kappa shape index (κ3) is 1.44. The molecule has 1 aromatic carbocycles. The van der Waals surface area contributed by atoms with Gasteiger partial charge in [-0.1, -0.05) is 37.3 Å². The zero-order valence-electron chi connectivity index (χ0n) is 7.57. The zero-order chi connectivity index (χ0) is 9.26. The van der Waals surface area contributed by atoms with E-state index in [0.29, 0.717) is 12.5 Å². The first kappa shape index (κ1) is 8.30. The molecule has 0 bridgehead atoms. The number of carbonyl (C=O) groups excluding carboxylic acids is 1. The fourth-order valence-corrected chi connectivity index (χ4v) is 1.76. The van der Waals surface area contributed by atoms with E-state index in [1.807, 2.05) is 37.3 Å². The number of rotatable bonds is 1. The molecule has 1 aliphatic heterocycles. The van der Waals surface area contributed by atoms with Crippen LogP contribution in [0.2, 0.25) is 0 Å². The molecule has 2 heteroatoms. The Morgan fingerprint density at radius 2 is 2.00 bits per heavy atom. The van der Waals surface area contributed by atoms with Crippen LogP contribution < -0.4 is 0 Å². The standard InChI is InChI=1S/C11H12O2/c1-8-7-13-11(12)10(8)9-5-3-2-4-6-9/h2-6,8,10H,7H2,1H3/t8-,10-/m1/s1. The van der Waals surface area contributed by atoms with Gasteiger partial charge in [0.25, 0.3) is 0 Å². The highest BCUT2D eigenvalue weighted by Gasteiger charge is 2.34. The minimum Gasteiger partial charge on any atom is -0.465 e. The van der Waals surface area contributed by atoms with Crippen LogP contribution in [-0.4, -0.2) is 12.6 Å². The van der Waals surface area contributed by atoms with Crippen molar-refractivity contribution in [1.29, 1.82) is 0 Å². The monoisotopic (exact) mass is 176 g/mol. The van der Waals surface area contributed by atoms with Gasteiger partial charge >= 0.3 is 5.97 Å². The molecule has 0 saturated carbocycles. The van der Waals surface area contributed by atoms with Gasteiger partial charge in [0.15, 0.2) is 0 Å². The quantitative estimate of drug-likeness (QED) is 0.611. The second-order valence-electron chi connectivity index (χ2n) is 3.50. The van der Waals surface area contributed by atoms with E-state index in [2.05, 4.69) is 0 Å². The SMILES string of the molecule is C[C@@H]1COC(=O)[C@H]1c1ccccc1. The van der Waals surface area contributed by atoms with Crippen molar-refractivity contribution in [2.45, 2.75) is 12.8 Å². The molecule has 13 heavy (non-hydrogen) atoms. The van der Waals surface area contributed by atoms with E-state index in [9.17, 15) is 4.79 Å². The number of cyclic esters (lactones) is 1. The van der Waals surface area contributed by atoms with Crippen molar-refractivity contribution < 1.29 is 9.53 Å². The first-order valence-corrected chi connectivity index (χ1v) is 4.50. The summed E-state index contributed by atoms with van der Waals surface area (Å²) in [5, 5.41) is 0. The van der Waals surface area contributed by atoms with Crippen LogP contribution in [0.15, 0.2) is 30.3 Å². The highest BCUT2D eigenvalue weighted by atomic mass is 16.5. The number of carbonyl (C=O) groups is 1. The Morgan fingerprint density at radius 3 is 2.54 bits per heavy atom. The topological polar surface area (TPSA) is 26.3 Å². The summed E-state index contributed by atoms with van der Waals surface area (Å²) in [4.78, 5) is 11.4. The van der Waals surface area contributed by atoms with Crippen LogP contribution in [0.5, 0.6) is 0 Å². The number of hydrogen-bond donors (Lipinski definition) is 0. The van der Waals surface area contributed by atoms with Crippen LogP contribution >= 0.6 is 0 Å². The van der Waals surface area contributed by atoms with Crippen molar-refractivity contribution in [3.8, 4) is 0 Å². The second kappa shape index (κ2) is 3.21. The van der Waals surface area contributed by atoms with Crippen LogP contribution in [0.3, 0.4) is 0 Å². The lowest BCUT2D eigenvalue weighted by atomic mass is 9.90. The highest BCUT2D eigenvalue weighted by molar-refractivity contribution is 5.80. The molecule has 0 N–H and O–H groups in total. The van der Waals surface area contributed by atoms with Gasteiger partial charge in [0.05, 0.1) is 12.5 Å². The molecule has 0 aromatic heterocycles. The van der Waals surface area contributed by atoms with Crippen molar-refractivity contribution in [3.05, 3.63) is 35.9 Å². The van der Waals surface area contributed by atoms with Crippen molar-refractivity contribution in [3.63, 3.8) is 0 Å². The van der Waals surface area contributed by atoms with Gasteiger partial charge in [0, 0.05) is 5.92 Å². The van der Waals surface area contributed by atoms with Gasteiger partial charge in [0.2, 0.25) is 0 Å². The van der Waals surface area contributed by atoms with E-state index in [1.165, 1.54) is 0 Å². The van der Waals surface area contributed by atoms with Crippen molar-refractivity contribution in [1.82, 2.24) is 0 Å². The summed E-state index contributed by atoms with van der Waals surface area (Å²) in [6.45, 7) is 2.60. The molecular formula is C11H12O2. The Kier molecular flexibility index (Phi) is 2.05. The predicted octanol–water partition coefficient (Wildman–Crippen LogP) is 1.96. The van der Waals surface area contributed by atoms with Gasteiger partial charge in [-0.15, -0.1) is 0 Å². The molecule has 0 aliphatic carbocycles. The smallest absolute Gasteiger partial charge is 0.313 e. The maximum atomic E-state index is 11.4. The van der Waals surface area contributed by atoms with E-state index >= 15 is 0 Å². The predicted molar refractivity (Wildman–Crippen MR) is 49.3 cm³/mol. The molecule has 0 radical (unpaired) electrons. The number of esters is 1. The molecule has 2 nitrogen and oxygen atoms in total. The molecule has 0 amide bonds. The average molecular weight is 176 g/mol. The Balaban J connectivity index is 2.30. The molecule has 2 rings (SSSR count). The van der Waals surface area contributed by atoms with Gasteiger partial charge in [-0.05, 0) is 5.56 Å². The second-order valence-corrected chi connectivity index (χ2v) is 3.50. The maximum absolute atomic E-state index is 11.4. The Hall–Kier alpha value is -1.31. The molecular weight excluding hydrogens is 164 g/mol. The van der Waals surface area contributed by atoms with Crippen molar-refractivity contribution in [2.75, 3.05) is 6.61 Å². The summed E-state index contributed by atoms with van der Waals surface area (Å²) in [6, 6.07) is 9.82. The van der Waals surface area contributed by atoms with Crippen molar-refractivity contribution in [2.24, 2.45) is 5.92 Å². The summed E-state index contributed by atoms with van der Waals surface area (Å²) in [7, 11) is 0. The van der Waals surface area contributed by atoms with Crippen LogP contribution in [0.25, 0.3) is 0 Å². The van der Waals surface area contributed by atoms with E-state index in [0.717, 1.165) is 5.56 Å². The third-order valence-corrected chi connectivity index (χ3v) is 2.47. The van der Waals surface area contributed by atoms with Gasteiger partial charge in [-0.25, -0.2) is 0 Å². The third-order valence-electron chi connectivity index (χ3n) is 2.47. The molecule has 0 unspecified atom stereocenters. The lowest BCUT2D eigenvalue weighted by Gasteiger charge is -2.09. The molecule has 1 aliphatic rings. The Morgan fingerprint density at radius 1 is 1.31 bits per heavy atom. The molecule has 2 atom stereocenters.